The number of pyridine rings is 1. The maximum Gasteiger partial charge on any atom is 0.213 e. The first-order valence-electron chi connectivity index (χ1n) is 5.99. The molecule has 0 aliphatic rings. The van der Waals surface area contributed by atoms with E-state index >= 15 is 0 Å². The number of anilines is 1. The molecule has 2 aromatic heterocycles. The minimum atomic E-state index is 0.263. The van der Waals surface area contributed by atoms with Crippen molar-refractivity contribution >= 4 is 56.9 Å². The molecule has 0 fully saturated rings. The number of carbonyl (C=O) groups excluding carboxylic acids is 1. The van der Waals surface area contributed by atoms with Crippen LogP contribution >= 0.6 is 34.5 Å². The second-order valence-corrected chi connectivity index (χ2v) is 6.18. The molecule has 1 amide bonds. The minimum absolute atomic E-state index is 0.263. The molecular formula is C14H9Cl2N3OS. The normalized spacial score (nSPS) is 10.8. The summed E-state index contributed by atoms with van der Waals surface area (Å²) < 4.78 is 0.990. The Hall–Kier alpha value is -1.69. The molecule has 106 valence electrons. The van der Waals surface area contributed by atoms with Crippen molar-refractivity contribution < 1.29 is 4.79 Å². The molecule has 0 unspecified atom stereocenters. The smallest absolute Gasteiger partial charge is 0.213 e. The van der Waals surface area contributed by atoms with Gasteiger partial charge in [-0.2, -0.15) is 0 Å². The fourth-order valence-electron chi connectivity index (χ4n) is 1.87. The van der Waals surface area contributed by atoms with Gasteiger partial charge in [0.05, 0.1) is 15.9 Å². The van der Waals surface area contributed by atoms with Gasteiger partial charge in [-0.25, -0.2) is 9.97 Å². The lowest BCUT2D eigenvalue weighted by Crippen LogP contribution is -2.14. The summed E-state index contributed by atoms with van der Waals surface area (Å²) >= 11 is 13.6. The number of aromatic nitrogens is 2. The standard InChI is InChI=1S/C14H9Cl2N3OS/c1-19(7-20)11-5-4-10(17-13(11)16)14-18-9-3-2-8(15)6-12(9)21-14/h2-7H,1H3. The van der Waals surface area contributed by atoms with Crippen LogP contribution in [-0.2, 0) is 4.79 Å². The third-order valence-electron chi connectivity index (χ3n) is 2.94. The lowest BCUT2D eigenvalue weighted by atomic mass is 10.3. The number of thiazole rings is 1. The minimum Gasteiger partial charge on any atom is -0.315 e. The van der Waals surface area contributed by atoms with Crippen LogP contribution in [0.15, 0.2) is 30.3 Å². The number of nitrogens with zero attached hydrogens (tertiary/aromatic N) is 3. The molecule has 0 radical (unpaired) electrons. The van der Waals surface area contributed by atoms with Gasteiger partial charge in [0.15, 0.2) is 5.15 Å². The third kappa shape index (κ3) is 2.72. The predicted molar refractivity (Wildman–Crippen MR) is 87.3 cm³/mol. The molecule has 0 aliphatic carbocycles. The molecule has 0 atom stereocenters. The predicted octanol–water partition coefficient (Wildman–Crippen LogP) is 4.26. The molecule has 0 saturated heterocycles. The Balaban J connectivity index is 2.06. The second-order valence-electron chi connectivity index (χ2n) is 4.35. The summed E-state index contributed by atoms with van der Waals surface area (Å²) in [6, 6.07) is 9.08. The molecule has 21 heavy (non-hydrogen) atoms. The Kier molecular flexibility index (Phi) is 3.80. The van der Waals surface area contributed by atoms with E-state index < -0.39 is 0 Å². The van der Waals surface area contributed by atoms with Gasteiger partial charge in [-0.15, -0.1) is 11.3 Å². The van der Waals surface area contributed by atoms with Crippen LogP contribution in [0.5, 0.6) is 0 Å². The molecular weight excluding hydrogens is 329 g/mol. The van der Waals surface area contributed by atoms with Crippen molar-refractivity contribution in [3.8, 4) is 10.7 Å². The van der Waals surface area contributed by atoms with E-state index in [1.54, 1.807) is 25.2 Å². The first kappa shape index (κ1) is 14.3. The van der Waals surface area contributed by atoms with Crippen LogP contribution in [0.1, 0.15) is 0 Å². The van der Waals surface area contributed by atoms with Crippen molar-refractivity contribution in [1.82, 2.24) is 9.97 Å². The van der Waals surface area contributed by atoms with Gasteiger partial charge in [-0.3, -0.25) is 4.79 Å². The molecule has 1 aromatic carbocycles. The Bertz CT molecular complexity index is 834. The zero-order valence-electron chi connectivity index (χ0n) is 10.9. The average molecular weight is 338 g/mol. The van der Waals surface area contributed by atoms with Crippen molar-refractivity contribution in [2.24, 2.45) is 0 Å². The van der Waals surface area contributed by atoms with Gasteiger partial charge in [-0.05, 0) is 30.3 Å². The molecule has 4 nitrogen and oxygen atoms in total. The quantitative estimate of drug-likeness (QED) is 0.530. The Labute approximate surface area is 135 Å². The van der Waals surface area contributed by atoms with Gasteiger partial charge >= 0.3 is 0 Å². The number of carbonyl (C=O) groups is 1. The number of fused-ring (bicyclic) bond motifs is 1. The van der Waals surface area contributed by atoms with Crippen LogP contribution in [-0.4, -0.2) is 23.4 Å². The van der Waals surface area contributed by atoms with Crippen molar-refractivity contribution in [2.45, 2.75) is 0 Å². The summed E-state index contributed by atoms with van der Waals surface area (Å²) in [5.41, 5.74) is 2.09. The highest BCUT2D eigenvalue weighted by atomic mass is 35.5. The highest BCUT2D eigenvalue weighted by molar-refractivity contribution is 7.21. The van der Waals surface area contributed by atoms with Crippen molar-refractivity contribution in [1.29, 1.82) is 0 Å². The number of rotatable bonds is 3. The molecule has 0 spiro atoms. The van der Waals surface area contributed by atoms with E-state index in [-0.39, 0.29) is 5.15 Å². The van der Waals surface area contributed by atoms with Gasteiger partial charge in [0.1, 0.15) is 10.7 Å². The molecule has 0 aliphatic heterocycles. The highest BCUT2D eigenvalue weighted by Crippen LogP contribution is 2.33. The van der Waals surface area contributed by atoms with E-state index in [0.717, 1.165) is 15.2 Å². The molecule has 0 saturated carbocycles. The lowest BCUT2D eigenvalue weighted by Gasteiger charge is -2.12. The Morgan fingerprint density at radius 3 is 2.71 bits per heavy atom. The first-order chi connectivity index (χ1) is 10.1. The molecule has 0 bridgehead atoms. The summed E-state index contributed by atoms with van der Waals surface area (Å²) in [4.78, 5) is 21.0. The van der Waals surface area contributed by atoms with Crippen molar-refractivity contribution in [3.63, 3.8) is 0 Å². The maximum absolute atomic E-state index is 10.8. The van der Waals surface area contributed by atoms with E-state index in [9.17, 15) is 4.79 Å². The fourth-order valence-corrected chi connectivity index (χ4v) is 3.37. The van der Waals surface area contributed by atoms with Gasteiger partial charge < -0.3 is 4.90 Å². The van der Waals surface area contributed by atoms with E-state index in [1.807, 2.05) is 12.1 Å². The van der Waals surface area contributed by atoms with E-state index in [1.165, 1.54) is 16.2 Å². The molecule has 7 heteroatoms. The van der Waals surface area contributed by atoms with E-state index in [0.29, 0.717) is 22.8 Å². The summed E-state index contributed by atoms with van der Waals surface area (Å²) in [7, 11) is 1.62. The number of halogens is 2. The van der Waals surface area contributed by atoms with E-state index in [4.69, 9.17) is 23.2 Å². The van der Waals surface area contributed by atoms with E-state index in [2.05, 4.69) is 9.97 Å². The van der Waals surface area contributed by atoms with Gasteiger partial charge in [-0.1, -0.05) is 23.2 Å². The zero-order chi connectivity index (χ0) is 15.0. The van der Waals surface area contributed by atoms with Crippen LogP contribution in [0.3, 0.4) is 0 Å². The molecule has 0 N–H and O–H groups in total. The number of amides is 1. The Morgan fingerprint density at radius 2 is 2.00 bits per heavy atom. The molecule has 3 rings (SSSR count). The molecule has 3 aromatic rings. The van der Waals surface area contributed by atoms with Crippen LogP contribution in [0.4, 0.5) is 5.69 Å². The second kappa shape index (κ2) is 5.60. The number of hydrogen-bond donors (Lipinski definition) is 0. The summed E-state index contributed by atoms with van der Waals surface area (Å²) in [5.74, 6) is 0. The SMILES string of the molecule is CN(C=O)c1ccc(-c2nc3ccc(Cl)cc3s2)nc1Cl. The summed E-state index contributed by atoms with van der Waals surface area (Å²) in [6.07, 6.45) is 0.683. The van der Waals surface area contributed by atoms with Gasteiger partial charge in [0.2, 0.25) is 6.41 Å². The monoisotopic (exact) mass is 337 g/mol. The molecule has 2 heterocycles. The van der Waals surface area contributed by atoms with Crippen LogP contribution in [0.25, 0.3) is 20.9 Å². The van der Waals surface area contributed by atoms with Crippen molar-refractivity contribution in [3.05, 3.63) is 40.5 Å². The fraction of sp³-hybridized carbons (Fsp3) is 0.0714. The first-order valence-corrected chi connectivity index (χ1v) is 7.57. The number of hydrogen-bond acceptors (Lipinski definition) is 4. The number of benzene rings is 1. The lowest BCUT2D eigenvalue weighted by molar-refractivity contribution is -0.107. The Morgan fingerprint density at radius 1 is 1.19 bits per heavy atom. The third-order valence-corrected chi connectivity index (χ3v) is 4.49. The maximum atomic E-state index is 10.8. The average Bonchev–Trinajstić information content (AvgIpc) is 2.89. The topological polar surface area (TPSA) is 46.1 Å². The zero-order valence-corrected chi connectivity index (χ0v) is 13.2. The van der Waals surface area contributed by atoms with Crippen molar-refractivity contribution in [2.75, 3.05) is 11.9 Å². The summed E-state index contributed by atoms with van der Waals surface area (Å²) in [5, 5.41) is 1.69. The van der Waals surface area contributed by atoms with Gasteiger partial charge in [0.25, 0.3) is 0 Å². The van der Waals surface area contributed by atoms with Crippen LogP contribution in [0.2, 0.25) is 10.2 Å². The van der Waals surface area contributed by atoms with Gasteiger partial charge in [0, 0.05) is 12.1 Å². The highest BCUT2D eigenvalue weighted by Gasteiger charge is 2.12. The van der Waals surface area contributed by atoms with Crippen LogP contribution in [0, 0.1) is 0 Å². The largest absolute Gasteiger partial charge is 0.315 e. The van der Waals surface area contributed by atoms with Crippen LogP contribution < -0.4 is 4.90 Å². The summed E-state index contributed by atoms with van der Waals surface area (Å²) in [6.45, 7) is 0.